The zero-order valence-corrected chi connectivity index (χ0v) is 8.47. The molecule has 0 N–H and O–H groups in total. The van der Waals surface area contributed by atoms with Crippen LogP contribution in [0.2, 0.25) is 0 Å². The maximum Gasteiger partial charge on any atom is 0.387 e. The first-order valence-electron chi connectivity index (χ1n) is 4.59. The average Bonchev–Trinajstić information content (AvgIpc) is 2.73. The van der Waals surface area contributed by atoms with Crippen LogP contribution in [0.5, 0.6) is 5.75 Å². The number of halogens is 2. The Bertz CT molecular complexity index is 471. The van der Waals surface area contributed by atoms with Gasteiger partial charge in [0.05, 0.1) is 18.1 Å². The zero-order valence-electron chi connectivity index (χ0n) is 8.47. The highest BCUT2D eigenvalue weighted by molar-refractivity contribution is 5.44. The van der Waals surface area contributed by atoms with Gasteiger partial charge in [0, 0.05) is 6.07 Å². The number of hydrogen-bond acceptors (Lipinski definition) is 3. The van der Waals surface area contributed by atoms with Crippen LogP contribution in [0.4, 0.5) is 8.78 Å². The molecular formula is C10H9F2N3O. The Labute approximate surface area is 90.5 Å². The fourth-order valence-electron chi connectivity index (χ4n) is 1.32. The van der Waals surface area contributed by atoms with E-state index in [0.29, 0.717) is 5.69 Å². The predicted octanol–water partition coefficient (Wildman–Crippen LogP) is 2.18. The molecular weight excluding hydrogens is 216 g/mol. The molecule has 0 saturated heterocycles. The van der Waals surface area contributed by atoms with E-state index >= 15 is 0 Å². The van der Waals surface area contributed by atoms with E-state index in [4.69, 9.17) is 0 Å². The zero-order chi connectivity index (χ0) is 11.5. The van der Waals surface area contributed by atoms with Gasteiger partial charge in [0.2, 0.25) is 0 Å². The van der Waals surface area contributed by atoms with Crippen molar-refractivity contribution in [2.75, 3.05) is 0 Å². The minimum Gasteiger partial charge on any atom is -0.435 e. The summed E-state index contributed by atoms with van der Waals surface area (Å²) < 4.78 is 28.4. The molecule has 0 aliphatic carbocycles. The molecule has 1 aromatic heterocycles. The highest BCUT2D eigenvalue weighted by atomic mass is 19.3. The van der Waals surface area contributed by atoms with Crippen LogP contribution in [0, 0.1) is 6.92 Å². The monoisotopic (exact) mass is 225 g/mol. The van der Waals surface area contributed by atoms with Gasteiger partial charge in [0.15, 0.2) is 0 Å². The third kappa shape index (κ3) is 2.16. The molecule has 0 amide bonds. The Morgan fingerprint density at radius 3 is 2.56 bits per heavy atom. The molecule has 84 valence electrons. The van der Waals surface area contributed by atoms with Crippen LogP contribution in [-0.4, -0.2) is 21.6 Å². The van der Waals surface area contributed by atoms with Gasteiger partial charge in [0.1, 0.15) is 5.75 Å². The van der Waals surface area contributed by atoms with Crippen LogP contribution in [0.25, 0.3) is 5.69 Å². The number of benzene rings is 1. The number of aryl methyl sites for hydroxylation is 1. The second-order valence-electron chi connectivity index (χ2n) is 3.15. The highest BCUT2D eigenvalue weighted by Crippen LogP contribution is 2.21. The van der Waals surface area contributed by atoms with Gasteiger partial charge >= 0.3 is 6.61 Å². The smallest absolute Gasteiger partial charge is 0.387 e. The van der Waals surface area contributed by atoms with Crippen LogP contribution in [-0.2, 0) is 0 Å². The van der Waals surface area contributed by atoms with Crippen molar-refractivity contribution in [3.8, 4) is 11.4 Å². The molecule has 0 bridgehead atoms. The lowest BCUT2D eigenvalue weighted by atomic mass is 10.2. The summed E-state index contributed by atoms with van der Waals surface area (Å²) in [5.74, 6) is 0.0906. The molecule has 0 spiro atoms. The van der Waals surface area contributed by atoms with Crippen molar-refractivity contribution < 1.29 is 13.5 Å². The largest absolute Gasteiger partial charge is 0.435 e. The minimum absolute atomic E-state index is 0.0906. The number of nitrogens with zero attached hydrogens (tertiary/aromatic N) is 3. The first-order chi connectivity index (χ1) is 7.66. The van der Waals surface area contributed by atoms with Gasteiger partial charge in [-0.25, -0.2) is 0 Å². The van der Waals surface area contributed by atoms with E-state index in [9.17, 15) is 8.78 Å². The number of aromatic nitrogens is 3. The lowest BCUT2D eigenvalue weighted by Gasteiger charge is -2.08. The fraction of sp³-hybridized carbons (Fsp3) is 0.200. The summed E-state index contributed by atoms with van der Waals surface area (Å²) in [4.78, 5) is 1.35. The van der Waals surface area contributed by atoms with E-state index in [1.54, 1.807) is 6.07 Å². The molecule has 4 nitrogen and oxygen atoms in total. The summed E-state index contributed by atoms with van der Waals surface area (Å²) in [5, 5.41) is 7.86. The summed E-state index contributed by atoms with van der Waals surface area (Å²) >= 11 is 0. The number of rotatable bonds is 3. The van der Waals surface area contributed by atoms with E-state index in [1.807, 2.05) is 6.92 Å². The van der Waals surface area contributed by atoms with Crippen molar-refractivity contribution in [3.05, 3.63) is 36.2 Å². The second-order valence-corrected chi connectivity index (χ2v) is 3.15. The Kier molecular flexibility index (Phi) is 2.80. The van der Waals surface area contributed by atoms with Gasteiger partial charge in [0.25, 0.3) is 0 Å². The van der Waals surface area contributed by atoms with Gasteiger partial charge in [-0.15, -0.1) is 0 Å². The van der Waals surface area contributed by atoms with E-state index < -0.39 is 6.61 Å². The summed E-state index contributed by atoms with van der Waals surface area (Å²) in [5.41, 5.74) is 1.49. The van der Waals surface area contributed by atoms with Crippen LogP contribution in [0.15, 0.2) is 30.6 Å². The lowest BCUT2D eigenvalue weighted by molar-refractivity contribution is -0.0498. The molecule has 1 heterocycles. The van der Waals surface area contributed by atoms with Gasteiger partial charge in [-0.1, -0.05) is 6.07 Å². The number of alkyl halides is 2. The Hall–Kier alpha value is -1.98. The lowest BCUT2D eigenvalue weighted by Crippen LogP contribution is -2.05. The minimum atomic E-state index is -2.83. The van der Waals surface area contributed by atoms with Crippen LogP contribution in [0.1, 0.15) is 5.56 Å². The van der Waals surface area contributed by atoms with Crippen LogP contribution >= 0.6 is 0 Å². The fourth-order valence-corrected chi connectivity index (χ4v) is 1.32. The maximum absolute atomic E-state index is 12.0. The van der Waals surface area contributed by atoms with Crippen molar-refractivity contribution in [1.82, 2.24) is 15.0 Å². The van der Waals surface area contributed by atoms with Gasteiger partial charge < -0.3 is 4.74 Å². The molecule has 2 aromatic rings. The van der Waals surface area contributed by atoms with E-state index in [1.165, 1.54) is 29.3 Å². The summed E-state index contributed by atoms with van der Waals surface area (Å²) in [6.45, 7) is -0.994. The molecule has 0 unspecified atom stereocenters. The quantitative estimate of drug-likeness (QED) is 0.803. The normalized spacial score (nSPS) is 10.8. The summed E-state index contributed by atoms with van der Waals surface area (Å²) in [6, 6.07) is 4.63. The van der Waals surface area contributed by atoms with Crippen molar-refractivity contribution in [2.24, 2.45) is 0 Å². The predicted molar refractivity (Wildman–Crippen MR) is 52.7 cm³/mol. The Morgan fingerprint density at radius 1 is 1.25 bits per heavy atom. The SMILES string of the molecule is Cc1ccc(OC(F)F)cc1-n1nccn1. The van der Waals surface area contributed by atoms with E-state index in [-0.39, 0.29) is 5.75 Å². The van der Waals surface area contributed by atoms with Gasteiger partial charge in [-0.2, -0.15) is 23.8 Å². The molecule has 0 atom stereocenters. The first-order valence-corrected chi connectivity index (χ1v) is 4.59. The Morgan fingerprint density at radius 2 is 1.94 bits per heavy atom. The van der Waals surface area contributed by atoms with Crippen molar-refractivity contribution >= 4 is 0 Å². The van der Waals surface area contributed by atoms with E-state index in [0.717, 1.165) is 5.56 Å². The first kappa shape index (κ1) is 10.5. The molecule has 16 heavy (non-hydrogen) atoms. The molecule has 0 fully saturated rings. The molecule has 1 aromatic carbocycles. The highest BCUT2D eigenvalue weighted by Gasteiger charge is 2.08. The van der Waals surface area contributed by atoms with Crippen molar-refractivity contribution in [1.29, 1.82) is 0 Å². The molecule has 0 radical (unpaired) electrons. The number of hydrogen-bond donors (Lipinski definition) is 0. The topological polar surface area (TPSA) is 39.9 Å². The standard InChI is InChI=1S/C10H9F2N3O/c1-7-2-3-8(16-10(11)12)6-9(7)15-13-4-5-14-15/h2-6,10H,1H3. The summed E-state index contributed by atoms with van der Waals surface area (Å²) in [6.07, 6.45) is 3.03. The second kappa shape index (κ2) is 4.26. The third-order valence-corrected chi connectivity index (χ3v) is 2.04. The van der Waals surface area contributed by atoms with Crippen LogP contribution in [0.3, 0.4) is 0 Å². The summed E-state index contributed by atoms with van der Waals surface area (Å²) in [7, 11) is 0. The average molecular weight is 225 g/mol. The molecule has 6 heteroatoms. The van der Waals surface area contributed by atoms with Crippen molar-refractivity contribution in [3.63, 3.8) is 0 Å². The molecule has 0 aliphatic heterocycles. The van der Waals surface area contributed by atoms with Gasteiger partial charge in [-0.05, 0) is 18.6 Å². The van der Waals surface area contributed by atoms with E-state index in [2.05, 4.69) is 14.9 Å². The van der Waals surface area contributed by atoms with Crippen LogP contribution < -0.4 is 4.74 Å². The third-order valence-electron chi connectivity index (χ3n) is 2.04. The number of ether oxygens (including phenoxy) is 1. The molecule has 0 aliphatic rings. The molecule has 0 saturated carbocycles. The maximum atomic E-state index is 12.0. The molecule has 2 rings (SSSR count). The van der Waals surface area contributed by atoms with Gasteiger partial charge in [-0.3, -0.25) is 0 Å². The Balaban J connectivity index is 2.37. The van der Waals surface area contributed by atoms with Crippen molar-refractivity contribution in [2.45, 2.75) is 13.5 Å².